The van der Waals surface area contributed by atoms with Gasteiger partial charge in [0.05, 0.1) is 0 Å². The number of hydrogen-bond donors (Lipinski definition) is 0. The second kappa shape index (κ2) is 5.38. The van der Waals surface area contributed by atoms with E-state index in [0.717, 1.165) is 12.2 Å². The SMILES string of the molecule is [CH2]=[Ti]([O]c1cccc(C(C)(C)C)c1)[C]1=CC=CC1. The first-order valence-corrected chi connectivity index (χ1v) is 8.82. The Morgan fingerprint density at radius 3 is 2.67 bits per heavy atom. The first-order chi connectivity index (χ1) is 8.47. The Morgan fingerprint density at radius 1 is 1.28 bits per heavy atom. The molecule has 0 N–H and O–H groups in total. The van der Waals surface area contributed by atoms with Crippen molar-refractivity contribution in [2.75, 3.05) is 0 Å². The van der Waals surface area contributed by atoms with Gasteiger partial charge < -0.3 is 0 Å². The molecule has 0 spiro atoms. The second-order valence-electron chi connectivity index (χ2n) is 5.63. The van der Waals surface area contributed by atoms with Crippen molar-refractivity contribution in [3.63, 3.8) is 0 Å². The van der Waals surface area contributed by atoms with Gasteiger partial charge in [-0.1, -0.05) is 0 Å². The van der Waals surface area contributed by atoms with Crippen LogP contribution >= 0.6 is 0 Å². The molecule has 0 atom stereocenters. The van der Waals surface area contributed by atoms with E-state index >= 15 is 0 Å². The summed E-state index contributed by atoms with van der Waals surface area (Å²) in [6.45, 7) is 6.66. The van der Waals surface area contributed by atoms with Gasteiger partial charge in [0.2, 0.25) is 0 Å². The van der Waals surface area contributed by atoms with Gasteiger partial charge in [0.15, 0.2) is 0 Å². The van der Waals surface area contributed by atoms with Gasteiger partial charge in [-0.25, -0.2) is 0 Å². The van der Waals surface area contributed by atoms with Crippen LogP contribution in [0.5, 0.6) is 5.75 Å². The van der Waals surface area contributed by atoms with Crippen molar-refractivity contribution in [2.45, 2.75) is 32.6 Å². The molecular weight excluding hydrogens is 256 g/mol. The van der Waals surface area contributed by atoms with Gasteiger partial charge in [-0.15, -0.1) is 0 Å². The molecule has 0 saturated carbocycles. The maximum absolute atomic E-state index is 6.08. The molecule has 0 bridgehead atoms. The zero-order chi connectivity index (χ0) is 13.2. The third-order valence-corrected chi connectivity index (χ3v) is 5.52. The Hall–Kier alpha value is -0.916. The number of hydrogen-bond acceptors (Lipinski definition) is 1. The molecule has 1 aromatic rings. The summed E-state index contributed by atoms with van der Waals surface area (Å²) in [5.74, 6) is 0.972. The van der Waals surface area contributed by atoms with Crippen LogP contribution in [0.25, 0.3) is 0 Å². The minimum absolute atomic E-state index is 0.162. The molecule has 0 saturated heterocycles. The molecule has 94 valence electrons. The average molecular weight is 276 g/mol. The third kappa shape index (κ3) is 3.31. The van der Waals surface area contributed by atoms with Crippen LogP contribution in [0, 0.1) is 0 Å². The van der Waals surface area contributed by atoms with Crippen LogP contribution < -0.4 is 3.32 Å². The van der Waals surface area contributed by atoms with Crippen molar-refractivity contribution in [1.82, 2.24) is 0 Å². The van der Waals surface area contributed by atoms with Gasteiger partial charge in [0, 0.05) is 0 Å². The molecule has 0 fully saturated rings. The van der Waals surface area contributed by atoms with Crippen molar-refractivity contribution in [3.8, 4) is 5.75 Å². The van der Waals surface area contributed by atoms with Crippen LogP contribution in [0.2, 0.25) is 0 Å². The molecule has 1 aromatic carbocycles. The number of benzene rings is 1. The Balaban J connectivity index is 2.12. The molecule has 2 heteroatoms. The Morgan fingerprint density at radius 2 is 2.06 bits per heavy atom. The fraction of sp³-hybridized carbons (Fsp3) is 0.312. The Labute approximate surface area is 116 Å². The molecule has 18 heavy (non-hydrogen) atoms. The fourth-order valence-corrected chi connectivity index (χ4v) is 3.72. The molecular formula is C16H20OTi. The molecule has 0 aliphatic heterocycles. The third-order valence-electron chi connectivity index (χ3n) is 3.07. The van der Waals surface area contributed by atoms with E-state index in [1.807, 2.05) is 6.07 Å². The quantitative estimate of drug-likeness (QED) is 0.753. The predicted octanol–water partition coefficient (Wildman–Crippen LogP) is 4.17. The van der Waals surface area contributed by atoms with Crippen LogP contribution in [0.15, 0.2) is 46.4 Å². The van der Waals surface area contributed by atoms with Crippen molar-refractivity contribution in [1.29, 1.82) is 0 Å². The molecule has 0 radical (unpaired) electrons. The van der Waals surface area contributed by atoms with E-state index in [0.29, 0.717) is 0 Å². The monoisotopic (exact) mass is 276 g/mol. The molecule has 1 nitrogen and oxygen atoms in total. The van der Waals surface area contributed by atoms with Crippen LogP contribution in [0.3, 0.4) is 0 Å². The second-order valence-corrected chi connectivity index (χ2v) is 8.27. The van der Waals surface area contributed by atoms with Crippen LogP contribution in [0.1, 0.15) is 32.8 Å². The Kier molecular flexibility index (Phi) is 4.04. The maximum atomic E-state index is 6.08. The van der Waals surface area contributed by atoms with Gasteiger partial charge in [0.1, 0.15) is 0 Å². The van der Waals surface area contributed by atoms with Crippen LogP contribution in [-0.4, -0.2) is 4.82 Å². The summed E-state index contributed by atoms with van der Waals surface area (Å²) in [7, 11) is 0. The van der Waals surface area contributed by atoms with Gasteiger partial charge in [-0.2, -0.15) is 0 Å². The van der Waals surface area contributed by atoms with E-state index in [-0.39, 0.29) is 5.41 Å². The topological polar surface area (TPSA) is 9.23 Å². The molecule has 2 rings (SSSR count). The molecule has 0 aromatic heterocycles. The van der Waals surface area contributed by atoms with E-state index in [1.165, 1.54) is 9.44 Å². The predicted molar refractivity (Wildman–Crippen MR) is 74.7 cm³/mol. The molecule has 1 aliphatic carbocycles. The van der Waals surface area contributed by atoms with Crippen molar-refractivity contribution >= 4 is 4.82 Å². The molecule has 0 amide bonds. The van der Waals surface area contributed by atoms with Crippen LogP contribution in [0.4, 0.5) is 0 Å². The number of rotatable bonds is 3. The standard InChI is InChI=1S/C10H14O.C5H5.CH2.Ti/c1-10(2,3)8-5-4-6-9(11)7-8;1-2-4-5-3-1;;/h4-7,11H,1-3H3;1-3H,4H2;1H2;/q;;;+1/p-1. The summed E-state index contributed by atoms with van der Waals surface area (Å²) < 4.78 is 7.48. The summed E-state index contributed by atoms with van der Waals surface area (Å²) in [6, 6.07) is 8.42. The van der Waals surface area contributed by atoms with E-state index in [4.69, 9.17) is 3.32 Å². The first-order valence-electron chi connectivity index (χ1n) is 6.30. The van der Waals surface area contributed by atoms with Gasteiger partial charge in [-0.3, -0.25) is 0 Å². The minimum atomic E-state index is -1.79. The summed E-state index contributed by atoms with van der Waals surface area (Å²) in [4.78, 5) is 4.24. The molecule has 1 aliphatic rings. The number of allylic oxidation sites excluding steroid dienone is 4. The van der Waals surface area contributed by atoms with Crippen LogP contribution in [-0.2, 0) is 23.2 Å². The van der Waals surface area contributed by atoms with Crippen molar-refractivity contribution in [2.24, 2.45) is 0 Å². The summed E-state index contributed by atoms with van der Waals surface area (Å²) >= 11 is -1.79. The van der Waals surface area contributed by atoms with Gasteiger partial charge in [0.25, 0.3) is 0 Å². The summed E-state index contributed by atoms with van der Waals surface area (Å²) in [5.41, 5.74) is 1.47. The average Bonchev–Trinajstić information content (AvgIpc) is 2.81. The molecule has 0 unspecified atom stereocenters. The Bertz CT molecular complexity index is 518. The van der Waals surface area contributed by atoms with E-state index in [2.05, 4.69) is 62.0 Å². The van der Waals surface area contributed by atoms with E-state index in [1.54, 1.807) is 0 Å². The zero-order valence-electron chi connectivity index (χ0n) is 11.4. The fourth-order valence-electron chi connectivity index (χ4n) is 1.89. The van der Waals surface area contributed by atoms with E-state index in [9.17, 15) is 0 Å². The van der Waals surface area contributed by atoms with Gasteiger partial charge >= 0.3 is 116 Å². The molecule has 0 heterocycles. The van der Waals surface area contributed by atoms with Gasteiger partial charge in [-0.05, 0) is 0 Å². The van der Waals surface area contributed by atoms with E-state index < -0.39 is 17.8 Å². The normalized spacial score (nSPS) is 14.5. The zero-order valence-corrected chi connectivity index (χ0v) is 12.9. The van der Waals surface area contributed by atoms with Crippen molar-refractivity contribution < 1.29 is 21.1 Å². The first kappa shape index (κ1) is 13.5. The summed E-state index contributed by atoms with van der Waals surface area (Å²) in [5, 5.41) is 0. The summed E-state index contributed by atoms with van der Waals surface area (Å²) in [6.07, 6.45) is 7.46. The van der Waals surface area contributed by atoms with Crippen molar-refractivity contribution in [3.05, 3.63) is 51.9 Å².